The van der Waals surface area contributed by atoms with E-state index in [1.165, 1.54) is 75.0 Å². The number of nitrogens with one attached hydrogen (secondary N) is 1. The van der Waals surface area contributed by atoms with Crippen LogP contribution in [0, 0.1) is 20.2 Å². The Labute approximate surface area is 216 Å². The van der Waals surface area contributed by atoms with E-state index in [4.69, 9.17) is 9.47 Å². The van der Waals surface area contributed by atoms with Gasteiger partial charge < -0.3 is 9.47 Å². The zero-order valence-electron chi connectivity index (χ0n) is 20.0. The van der Waals surface area contributed by atoms with E-state index < -0.39 is 42.9 Å². The van der Waals surface area contributed by atoms with Gasteiger partial charge in [-0.2, -0.15) is 5.10 Å². The predicted octanol–water partition coefficient (Wildman–Crippen LogP) is 2.87. The molecule has 0 heterocycles. The standard InChI is InChI=1S/C23H21N5O9S/c1-36-18-11-12-19(21(13-18)37-2)26(38(34,35)22-6-4-3-5-20(22)28(32)33)15-23(29)25-24-14-16-7-9-17(10-8-16)27(30)31/h3-14H,15H2,1-2H3,(H,25,29)/b24-14+. The molecular weight excluding hydrogens is 522 g/mol. The van der Waals surface area contributed by atoms with Crippen molar-refractivity contribution in [1.29, 1.82) is 0 Å². The molecule has 3 aromatic carbocycles. The van der Waals surface area contributed by atoms with E-state index in [1.807, 2.05) is 0 Å². The maximum Gasteiger partial charge on any atom is 0.289 e. The van der Waals surface area contributed by atoms with Gasteiger partial charge in [-0.1, -0.05) is 12.1 Å². The number of ether oxygens (including phenoxy) is 2. The molecule has 0 aromatic heterocycles. The molecule has 3 aromatic rings. The van der Waals surface area contributed by atoms with Crippen molar-refractivity contribution in [2.75, 3.05) is 25.1 Å². The van der Waals surface area contributed by atoms with Crippen molar-refractivity contribution in [2.24, 2.45) is 5.10 Å². The Morgan fingerprint density at radius 2 is 1.68 bits per heavy atom. The summed E-state index contributed by atoms with van der Waals surface area (Å²) >= 11 is 0. The maximum absolute atomic E-state index is 13.7. The van der Waals surface area contributed by atoms with Crippen LogP contribution in [0.4, 0.5) is 17.1 Å². The summed E-state index contributed by atoms with van der Waals surface area (Å²) < 4.78 is 38.4. The Bertz CT molecular complexity index is 1490. The van der Waals surface area contributed by atoms with Gasteiger partial charge in [-0.05, 0) is 35.9 Å². The number of carbonyl (C=O) groups is 1. The van der Waals surface area contributed by atoms with E-state index in [1.54, 1.807) is 0 Å². The molecule has 0 spiro atoms. The first-order chi connectivity index (χ1) is 18.1. The van der Waals surface area contributed by atoms with Crippen LogP contribution in [-0.4, -0.2) is 51.2 Å². The first kappa shape index (κ1) is 27.5. The zero-order valence-corrected chi connectivity index (χ0v) is 20.8. The van der Waals surface area contributed by atoms with Crippen molar-refractivity contribution in [3.8, 4) is 11.5 Å². The summed E-state index contributed by atoms with van der Waals surface area (Å²) in [6, 6.07) is 14.2. The fourth-order valence-corrected chi connectivity index (χ4v) is 4.85. The molecule has 0 saturated heterocycles. The number of benzene rings is 3. The van der Waals surface area contributed by atoms with Gasteiger partial charge in [0.1, 0.15) is 18.0 Å². The number of amides is 1. The minimum Gasteiger partial charge on any atom is -0.497 e. The minimum absolute atomic E-state index is 0.0219. The Hall–Kier alpha value is -5.05. The second kappa shape index (κ2) is 11.8. The van der Waals surface area contributed by atoms with Crippen LogP contribution in [-0.2, 0) is 14.8 Å². The van der Waals surface area contributed by atoms with Crippen molar-refractivity contribution in [2.45, 2.75) is 4.90 Å². The summed E-state index contributed by atoms with van der Waals surface area (Å²) in [6.45, 7) is -0.825. The highest BCUT2D eigenvalue weighted by atomic mass is 32.2. The number of nitro groups is 2. The number of non-ortho nitro benzene ring substituents is 1. The van der Waals surface area contributed by atoms with Gasteiger partial charge in [0, 0.05) is 24.3 Å². The van der Waals surface area contributed by atoms with E-state index in [9.17, 15) is 33.4 Å². The van der Waals surface area contributed by atoms with Gasteiger partial charge in [-0.3, -0.25) is 29.3 Å². The highest BCUT2D eigenvalue weighted by Gasteiger charge is 2.34. The van der Waals surface area contributed by atoms with Crippen LogP contribution < -0.4 is 19.2 Å². The predicted molar refractivity (Wildman–Crippen MR) is 136 cm³/mol. The fourth-order valence-electron chi connectivity index (χ4n) is 3.26. The lowest BCUT2D eigenvalue weighted by Crippen LogP contribution is -2.40. The molecule has 0 aliphatic rings. The average molecular weight is 544 g/mol. The lowest BCUT2D eigenvalue weighted by Gasteiger charge is -2.25. The van der Waals surface area contributed by atoms with Gasteiger partial charge in [0.2, 0.25) is 0 Å². The summed E-state index contributed by atoms with van der Waals surface area (Å²) in [6.07, 6.45) is 1.20. The van der Waals surface area contributed by atoms with Gasteiger partial charge in [-0.25, -0.2) is 13.8 Å². The molecule has 0 aliphatic carbocycles. The second-order valence-corrected chi connectivity index (χ2v) is 9.25. The largest absolute Gasteiger partial charge is 0.497 e. The molecule has 38 heavy (non-hydrogen) atoms. The summed E-state index contributed by atoms with van der Waals surface area (Å²) in [5, 5.41) is 26.1. The van der Waals surface area contributed by atoms with Crippen LogP contribution in [0.1, 0.15) is 5.56 Å². The number of nitro benzene ring substituents is 2. The summed E-state index contributed by atoms with van der Waals surface area (Å²) in [5.41, 5.74) is 1.72. The third-order valence-electron chi connectivity index (χ3n) is 5.08. The van der Waals surface area contributed by atoms with E-state index in [0.717, 1.165) is 12.1 Å². The van der Waals surface area contributed by atoms with Gasteiger partial charge in [-0.15, -0.1) is 0 Å². The highest BCUT2D eigenvalue weighted by molar-refractivity contribution is 7.93. The monoisotopic (exact) mass is 543 g/mol. The van der Waals surface area contributed by atoms with Crippen LogP contribution in [0.2, 0.25) is 0 Å². The Kier molecular flexibility index (Phi) is 8.54. The third-order valence-corrected chi connectivity index (χ3v) is 6.89. The summed E-state index contributed by atoms with van der Waals surface area (Å²) in [4.78, 5) is 33.0. The van der Waals surface area contributed by atoms with Crippen LogP contribution in [0.3, 0.4) is 0 Å². The first-order valence-electron chi connectivity index (χ1n) is 10.6. The second-order valence-electron chi connectivity index (χ2n) is 7.42. The lowest BCUT2D eigenvalue weighted by molar-refractivity contribution is -0.387. The number of anilines is 1. The van der Waals surface area contributed by atoms with Crippen molar-refractivity contribution in [3.63, 3.8) is 0 Å². The number of rotatable bonds is 11. The number of hydrogen-bond acceptors (Lipinski definition) is 10. The molecule has 14 nitrogen and oxygen atoms in total. The lowest BCUT2D eigenvalue weighted by atomic mass is 10.2. The topological polar surface area (TPSA) is 184 Å². The van der Waals surface area contributed by atoms with E-state index in [-0.39, 0.29) is 17.1 Å². The number of sulfonamides is 1. The maximum atomic E-state index is 13.7. The van der Waals surface area contributed by atoms with E-state index in [2.05, 4.69) is 10.5 Å². The molecule has 15 heteroatoms. The van der Waals surface area contributed by atoms with Gasteiger partial charge in [0.15, 0.2) is 4.90 Å². The molecular formula is C23H21N5O9S. The number of carbonyl (C=O) groups excluding carboxylic acids is 1. The summed E-state index contributed by atoms with van der Waals surface area (Å²) in [5.74, 6) is -0.525. The molecule has 0 atom stereocenters. The van der Waals surface area contributed by atoms with Gasteiger partial charge in [0.05, 0.1) is 36.0 Å². The van der Waals surface area contributed by atoms with Crippen molar-refractivity contribution in [1.82, 2.24) is 5.43 Å². The SMILES string of the molecule is COc1ccc(N(CC(=O)N/N=C/c2ccc([N+](=O)[O-])cc2)S(=O)(=O)c2ccccc2[N+](=O)[O-])c(OC)c1. The molecule has 198 valence electrons. The van der Waals surface area contributed by atoms with E-state index in [0.29, 0.717) is 15.6 Å². The Morgan fingerprint density at radius 3 is 2.29 bits per heavy atom. The molecule has 0 radical (unpaired) electrons. The molecule has 3 rings (SSSR count). The molecule has 0 aliphatic heterocycles. The number of nitrogens with zero attached hydrogens (tertiary/aromatic N) is 4. The zero-order chi connectivity index (χ0) is 27.9. The van der Waals surface area contributed by atoms with Crippen LogP contribution in [0.15, 0.2) is 76.7 Å². The molecule has 1 N–H and O–H groups in total. The number of hydrogen-bond donors (Lipinski definition) is 1. The van der Waals surface area contributed by atoms with Crippen LogP contribution >= 0.6 is 0 Å². The molecule has 0 saturated carbocycles. The average Bonchev–Trinajstić information content (AvgIpc) is 2.91. The third kappa shape index (κ3) is 6.19. The molecule has 0 fully saturated rings. The van der Waals surface area contributed by atoms with Crippen LogP contribution in [0.25, 0.3) is 0 Å². The smallest absolute Gasteiger partial charge is 0.289 e. The van der Waals surface area contributed by atoms with Gasteiger partial charge >= 0.3 is 0 Å². The normalized spacial score (nSPS) is 11.1. The highest BCUT2D eigenvalue weighted by Crippen LogP contribution is 2.37. The summed E-state index contributed by atoms with van der Waals surface area (Å²) in [7, 11) is -2.00. The Morgan fingerprint density at radius 1 is 1.00 bits per heavy atom. The molecule has 0 bridgehead atoms. The Balaban J connectivity index is 1.96. The first-order valence-corrected chi connectivity index (χ1v) is 12.1. The van der Waals surface area contributed by atoms with Crippen molar-refractivity contribution in [3.05, 3.63) is 92.5 Å². The van der Waals surface area contributed by atoms with E-state index >= 15 is 0 Å². The number of hydrazone groups is 1. The quantitative estimate of drug-likeness (QED) is 0.216. The van der Waals surface area contributed by atoms with Gasteiger partial charge in [0.25, 0.3) is 27.3 Å². The van der Waals surface area contributed by atoms with Crippen LogP contribution in [0.5, 0.6) is 11.5 Å². The van der Waals surface area contributed by atoms with Crippen molar-refractivity contribution < 1.29 is 32.5 Å². The molecule has 1 amide bonds. The van der Waals surface area contributed by atoms with Crippen molar-refractivity contribution >= 4 is 39.2 Å². The number of methoxy groups -OCH3 is 2. The minimum atomic E-state index is -4.67. The number of para-hydroxylation sites is 1. The molecule has 0 unspecified atom stereocenters. The fraction of sp³-hybridized carbons (Fsp3) is 0.130.